The third-order valence-corrected chi connectivity index (χ3v) is 8.53. The number of aliphatic carboxylic acids is 1. The van der Waals surface area contributed by atoms with Gasteiger partial charge in [-0.1, -0.05) is 0 Å². The van der Waals surface area contributed by atoms with Crippen molar-refractivity contribution in [1.82, 2.24) is 14.8 Å². The second-order valence-electron chi connectivity index (χ2n) is 11.5. The minimum atomic E-state index is -4.75. The highest BCUT2D eigenvalue weighted by Crippen LogP contribution is 2.70. The van der Waals surface area contributed by atoms with Crippen LogP contribution < -0.4 is 14.2 Å². The van der Waals surface area contributed by atoms with Crippen molar-refractivity contribution in [3.8, 4) is 22.9 Å². The number of aromatic nitrogens is 3. The standard InChI is InChI=1S/C28H23F6N3O6/c1-13(17-6-20-21(7-18(17)29)43-28(33,34)42-20)40-15-5-14(8-35-9-15)37-22-16(23(36-37)27(30,31)32)3-2-4-19(22)41-26-10-25(11-26,12-26)24(38)39/h5-9,13,19H,2-4,10-12H2,1H3,(H,38,39)/t13-,19?,25?,26?/m0/s1. The molecule has 3 fully saturated rings. The van der Waals surface area contributed by atoms with Gasteiger partial charge in [0.25, 0.3) is 0 Å². The molecule has 9 nitrogen and oxygen atoms in total. The zero-order chi connectivity index (χ0) is 30.5. The minimum Gasteiger partial charge on any atom is -0.484 e. The number of benzene rings is 1. The van der Waals surface area contributed by atoms with Gasteiger partial charge in [0.15, 0.2) is 17.2 Å². The van der Waals surface area contributed by atoms with Crippen molar-refractivity contribution in [3.05, 3.63) is 58.9 Å². The van der Waals surface area contributed by atoms with Crippen molar-refractivity contribution in [2.75, 3.05) is 0 Å². The lowest BCUT2D eigenvalue weighted by Crippen LogP contribution is -2.71. The molecule has 0 amide bonds. The van der Waals surface area contributed by atoms with E-state index >= 15 is 0 Å². The highest BCUT2D eigenvalue weighted by atomic mass is 19.4. The van der Waals surface area contributed by atoms with E-state index in [2.05, 4.69) is 19.6 Å². The number of ether oxygens (including phenoxy) is 4. The van der Waals surface area contributed by atoms with Crippen LogP contribution in [-0.4, -0.2) is 37.7 Å². The van der Waals surface area contributed by atoms with Crippen LogP contribution in [0.4, 0.5) is 26.3 Å². The van der Waals surface area contributed by atoms with Gasteiger partial charge in [-0.2, -0.15) is 18.3 Å². The van der Waals surface area contributed by atoms with Gasteiger partial charge in [-0.05, 0) is 51.5 Å². The number of pyridine rings is 1. The molecule has 228 valence electrons. The van der Waals surface area contributed by atoms with Crippen LogP contribution in [0.3, 0.4) is 0 Å². The fourth-order valence-electron chi connectivity index (χ4n) is 6.68. The van der Waals surface area contributed by atoms with Crippen molar-refractivity contribution in [2.45, 2.75) is 75.7 Å². The Morgan fingerprint density at radius 3 is 2.51 bits per heavy atom. The predicted octanol–water partition coefficient (Wildman–Crippen LogP) is 6.29. The zero-order valence-electron chi connectivity index (χ0n) is 22.4. The molecule has 3 heterocycles. The molecule has 43 heavy (non-hydrogen) atoms. The van der Waals surface area contributed by atoms with E-state index in [1.165, 1.54) is 25.4 Å². The van der Waals surface area contributed by atoms with E-state index in [1.54, 1.807) is 0 Å². The molecule has 0 spiro atoms. The van der Waals surface area contributed by atoms with Crippen molar-refractivity contribution >= 4 is 5.97 Å². The molecule has 5 aliphatic rings. The van der Waals surface area contributed by atoms with E-state index in [1.807, 2.05) is 0 Å². The topological polar surface area (TPSA) is 105 Å². The first-order chi connectivity index (χ1) is 20.2. The summed E-state index contributed by atoms with van der Waals surface area (Å²) in [4.78, 5) is 15.6. The molecule has 4 aliphatic carbocycles. The summed E-state index contributed by atoms with van der Waals surface area (Å²) in [5, 5.41) is 13.4. The Morgan fingerprint density at radius 2 is 1.84 bits per heavy atom. The first kappa shape index (κ1) is 27.8. The third kappa shape index (κ3) is 4.46. The maximum atomic E-state index is 14.7. The van der Waals surface area contributed by atoms with Gasteiger partial charge in [0.05, 0.1) is 34.8 Å². The van der Waals surface area contributed by atoms with E-state index in [9.17, 15) is 36.2 Å². The van der Waals surface area contributed by atoms with Gasteiger partial charge < -0.3 is 24.1 Å². The lowest BCUT2D eigenvalue weighted by molar-refractivity contribution is -0.300. The summed E-state index contributed by atoms with van der Waals surface area (Å²) in [5.74, 6) is -2.61. The van der Waals surface area contributed by atoms with Crippen molar-refractivity contribution in [3.63, 3.8) is 0 Å². The summed E-state index contributed by atoms with van der Waals surface area (Å²) in [6.45, 7) is 1.44. The molecule has 2 atom stereocenters. The maximum Gasteiger partial charge on any atom is 0.586 e. The fraction of sp³-hybridized carbons (Fsp3) is 0.464. The van der Waals surface area contributed by atoms with Gasteiger partial charge in [0.2, 0.25) is 0 Å². The van der Waals surface area contributed by atoms with Crippen LogP contribution in [0.15, 0.2) is 30.6 Å². The largest absolute Gasteiger partial charge is 0.586 e. The third-order valence-electron chi connectivity index (χ3n) is 8.53. The fourth-order valence-corrected chi connectivity index (χ4v) is 6.68. The van der Waals surface area contributed by atoms with Crippen molar-refractivity contribution in [1.29, 1.82) is 0 Å². The van der Waals surface area contributed by atoms with Gasteiger partial charge in [-0.3, -0.25) is 9.78 Å². The molecule has 0 radical (unpaired) electrons. The predicted molar refractivity (Wildman–Crippen MR) is 131 cm³/mol. The molecular formula is C28H23F6N3O6. The number of halogens is 6. The van der Waals surface area contributed by atoms with Gasteiger partial charge in [-0.15, -0.1) is 8.78 Å². The summed E-state index contributed by atoms with van der Waals surface area (Å²) in [7, 11) is 0. The quantitative estimate of drug-likeness (QED) is 0.311. The van der Waals surface area contributed by atoms with Crippen LogP contribution in [0.5, 0.6) is 17.2 Å². The SMILES string of the molecule is C[C@H](Oc1cncc(-n2nc(C(F)(F)F)c3c2C(OC24CC(C(=O)O)(C2)C4)CCC3)c1)c1cc2c(cc1F)OC(F)(F)O2. The molecule has 1 N–H and O–H groups in total. The van der Waals surface area contributed by atoms with E-state index in [4.69, 9.17) is 9.47 Å². The molecular weight excluding hydrogens is 588 g/mol. The summed E-state index contributed by atoms with van der Waals surface area (Å²) in [6, 6.07) is 3.15. The smallest absolute Gasteiger partial charge is 0.484 e. The Kier molecular flexibility index (Phi) is 5.82. The van der Waals surface area contributed by atoms with Crippen LogP contribution in [0.1, 0.15) is 73.8 Å². The molecule has 8 rings (SSSR count). The first-order valence-electron chi connectivity index (χ1n) is 13.5. The lowest BCUT2D eigenvalue weighted by atomic mass is 9.41. The lowest BCUT2D eigenvalue weighted by Gasteiger charge is -2.67. The Bertz CT molecular complexity index is 1640. The maximum absolute atomic E-state index is 14.7. The Morgan fingerprint density at radius 1 is 1.14 bits per heavy atom. The van der Waals surface area contributed by atoms with Crippen LogP contribution >= 0.6 is 0 Å². The van der Waals surface area contributed by atoms with Crippen molar-refractivity contribution in [2.24, 2.45) is 5.41 Å². The molecule has 3 aromatic rings. The van der Waals surface area contributed by atoms with Crippen LogP contribution in [-0.2, 0) is 22.1 Å². The summed E-state index contributed by atoms with van der Waals surface area (Å²) < 4.78 is 106. The molecule has 0 saturated heterocycles. The molecule has 2 aromatic heterocycles. The van der Waals surface area contributed by atoms with Gasteiger partial charge >= 0.3 is 18.4 Å². The molecule has 1 aliphatic heterocycles. The van der Waals surface area contributed by atoms with E-state index in [0.717, 1.165) is 16.8 Å². The van der Waals surface area contributed by atoms with E-state index in [-0.39, 0.29) is 40.4 Å². The number of nitrogens with zero attached hydrogens (tertiary/aromatic N) is 3. The number of carbonyl (C=O) groups is 1. The Labute approximate surface area is 239 Å². The highest BCUT2D eigenvalue weighted by molar-refractivity contribution is 5.79. The van der Waals surface area contributed by atoms with Crippen LogP contribution in [0.2, 0.25) is 0 Å². The van der Waals surface area contributed by atoms with Crippen LogP contribution in [0.25, 0.3) is 5.69 Å². The average molecular weight is 611 g/mol. The number of rotatable bonds is 7. The molecule has 1 unspecified atom stereocenters. The van der Waals surface area contributed by atoms with Gasteiger partial charge in [-0.25, -0.2) is 9.07 Å². The monoisotopic (exact) mass is 611 g/mol. The van der Waals surface area contributed by atoms with Gasteiger partial charge in [0, 0.05) is 23.3 Å². The molecule has 2 bridgehead atoms. The zero-order valence-corrected chi connectivity index (χ0v) is 22.4. The number of hydrogen-bond donors (Lipinski definition) is 1. The second kappa shape index (κ2) is 9.00. The molecule has 1 aromatic carbocycles. The number of carboxylic acids is 1. The van der Waals surface area contributed by atoms with E-state index < -0.39 is 58.9 Å². The summed E-state index contributed by atoms with van der Waals surface area (Å²) in [5.41, 5.74) is -2.36. The van der Waals surface area contributed by atoms with Gasteiger partial charge in [0.1, 0.15) is 23.8 Å². The number of fused-ring (bicyclic) bond motifs is 2. The van der Waals surface area contributed by atoms with E-state index in [0.29, 0.717) is 32.1 Å². The number of alkyl halides is 5. The minimum absolute atomic E-state index is 0.00205. The normalized spacial score (nSPS) is 27.1. The van der Waals surface area contributed by atoms with Crippen LogP contribution in [0, 0.1) is 11.2 Å². The highest BCUT2D eigenvalue weighted by Gasteiger charge is 2.73. The molecule has 3 saturated carbocycles. The van der Waals surface area contributed by atoms with Crippen molar-refractivity contribution < 1.29 is 55.2 Å². The molecule has 15 heteroatoms. The average Bonchev–Trinajstić information content (AvgIpc) is 3.41. The summed E-state index contributed by atoms with van der Waals surface area (Å²) >= 11 is 0. The summed E-state index contributed by atoms with van der Waals surface area (Å²) in [6.07, 6.45) is -6.06. The Balaban J connectivity index is 1.19. The Hall–Kier alpha value is -4.01. The number of carboxylic acid groups (broad SMARTS) is 1. The second-order valence-corrected chi connectivity index (χ2v) is 11.5. The first-order valence-corrected chi connectivity index (χ1v) is 13.5. The number of hydrogen-bond acceptors (Lipinski definition) is 7.